The van der Waals surface area contributed by atoms with Gasteiger partial charge in [0.1, 0.15) is 11.4 Å². The number of aromatic amines is 1. The number of H-pyrrole nitrogens is 1. The molecule has 124 valence electrons. The largest absolute Gasteiger partial charge is 0.328 e. The van der Waals surface area contributed by atoms with Crippen LogP contribution in [0.15, 0.2) is 4.79 Å². The minimum Gasteiger partial charge on any atom is -0.328 e. The van der Waals surface area contributed by atoms with Gasteiger partial charge in [-0.15, -0.1) is 11.3 Å². The van der Waals surface area contributed by atoms with E-state index in [4.69, 9.17) is 4.98 Å². The van der Waals surface area contributed by atoms with Gasteiger partial charge < -0.3 is 9.88 Å². The molecular formula is C18H26N3OS+. The second-order valence-electron chi connectivity index (χ2n) is 7.68. The van der Waals surface area contributed by atoms with Gasteiger partial charge in [0.2, 0.25) is 0 Å². The van der Waals surface area contributed by atoms with Crippen molar-refractivity contribution in [3.05, 3.63) is 26.6 Å². The molecule has 0 aromatic carbocycles. The van der Waals surface area contributed by atoms with Gasteiger partial charge >= 0.3 is 0 Å². The predicted octanol–water partition coefficient (Wildman–Crippen LogP) is 1.92. The molecule has 0 bridgehead atoms. The Kier molecular flexibility index (Phi) is 4.01. The van der Waals surface area contributed by atoms with E-state index in [0.29, 0.717) is 0 Å². The Bertz CT molecular complexity index is 768. The summed E-state index contributed by atoms with van der Waals surface area (Å²) in [7, 11) is 0. The zero-order chi connectivity index (χ0) is 16.0. The van der Waals surface area contributed by atoms with Gasteiger partial charge in [0.25, 0.3) is 5.56 Å². The van der Waals surface area contributed by atoms with E-state index >= 15 is 0 Å². The van der Waals surface area contributed by atoms with E-state index < -0.39 is 0 Å². The fourth-order valence-corrected chi connectivity index (χ4v) is 5.88. The molecule has 0 saturated carbocycles. The highest BCUT2D eigenvalue weighted by atomic mass is 32.1. The number of fused-ring (bicyclic) bond motifs is 3. The quantitative estimate of drug-likeness (QED) is 0.883. The lowest BCUT2D eigenvalue weighted by Gasteiger charge is -2.31. The first-order valence-electron chi connectivity index (χ1n) is 8.97. The molecule has 2 aromatic rings. The molecule has 1 saturated heterocycles. The van der Waals surface area contributed by atoms with Crippen LogP contribution in [0.4, 0.5) is 0 Å². The Hall–Kier alpha value is -1.20. The van der Waals surface area contributed by atoms with E-state index in [1.165, 1.54) is 42.8 Å². The summed E-state index contributed by atoms with van der Waals surface area (Å²) in [6.07, 6.45) is 5.94. The number of aryl methyl sites for hydroxylation is 2. The number of hydrogen-bond donors (Lipinski definition) is 2. The molecule has 3 heterocycles. The summed E-state index contributed by atoms with van der Waals surface area (Å²) in [5.74, 6) is 2.40. The van der Waals surface area contributed by atoms with Gasteiger partial charge in [-0.05, 0) is 37.7 Å². The zero-order valence-electron chi connectivity index (χ0n) is 14.1. The van der Waals surface area contributed by atoms with Crippen LogP contribution in [0.5, 0.6) is 0 Å². The topological polar surface area (TPSA) is 50.2 Å². The monoisotopic (exact) mass is 332 g/mol. The van der Waals surface area contributed by atoms with Gasteiger partial charge in [0.15, 0.2) is 5.82 Å². The third-order valence-corrected chi connectivity index (χ3v) is 6.56. The van der Waals surface area contributed by atoms with Crippen molar-refractivity contribution in [3.63, 3.8) is 0 Å². The van der Waals surface area contributed by atoms with Gasteiger partial charge in [-0.25, -0.2) is 4.98 Å². The summed E-state index contributed by atoms with van der Waals surface area (Å²) in [6, 6.07) is 0. The molecule has 1 aliphatic carbocycles. The lowest BCUT2D eigenvalue weighted by molar-refractivity contribution is -0.926. The summed E-state index contributed by atoms with van der Waals surface area (Å²) in [6.45, 7) is 7.90. The van der Waals surface area contributed by atoms with E-state index in [9.17, 15) is 4.79 Å². The number of rotatable bonds is 2. The molecule has 2 aromatic heterocycles. The molecular weight excluding hydrogens is 306 g/mol. The second-order valence-corrected chi connectivity index (χ2v) is 8.77. The fraction of sp³-hybridized carbons (Fsp3) is 0.667. The van der Waals surface area contributed by atoms with Crippen LogP contribution in [0.2, 0.25) is 0 Å². The van der Waals surface area contributed by atoms with Crippen LogP contribution in [-0.4, -0.2) is 23.1 Å². The smallest absolute Gasteiger partial charge is 0.260 e. The highest BCUT2D eigenvalue weighted by Crippen LogP contribution is 2.33. The lowest BCUT2D eigenvalue weighted by atomic mass is 9.92. The summed E-state index contributed by atoms with van der Waals surface area (Å²) in [5, 5.41) is 0.879. The van der Waals surface area contributed by atoms with Crippen molar-refractivity contribution in [3.8, 4) is 0 Å². The Labute approximate surface area is 140 Å². The van der Waals surface area contributed by atoms with Crippen LogP contribution in [-0.2, 0) is 19.4 Å². The Morgan fingerprint density at radius 1 is 1.22 bits per heavy atom. The Morgan fingerprint density at radius 3 is 2.74 bits per heavy atom. The highest BCUT2D eigenvalue weighted by Gasteiger charge is 2.26. The van der Waals surface area contributed by atoms with Crippen LogP contribution < -0.4 is 10.5 Å². The molecule has 4 nitrogen and oxygen atoms in total. The zero-order valence-corrected chi connectivity index (χ0v) is 14.9. The van der Waals surface area contributed by atoms with Crippen molar-refractivity contribution >= 4 is 21.6 Å². The molecule has 0 unspecified atom stereocenters. The van der Waals surface area contributed by atoms with Gasteiger partial charge in [0, 0.05) is 16.7 Å². The average molecular weight is 332 g/mol. The first kappa shape index (κ1) is 15.3. The molecule has 2 atom stereocenters. The number of nitrogens with zero attached hydrogens (tertiary/aromatic N) is 1. The third-order valence-electron chi connectivity index (χ3n) is 5.37. The maximum Gasteiger partial charge on any atom is 0.260 e. The summed E-state index contributed by atoms with van der Waals surface area (Å²) in [5.41, 5.74) is 1.37. The van der Waals surface area contributed by atoms with E-state index in [1.807, 2.05) is 0 Å². The average Bonchev–Trinajstić information content (AvgIpc) is 2.84. The molecule has 0 radical (unpaired) electrons. The van der Waals surface area contributed by atoms with Crippen LogP contribution in [0, 0.1) is 11.8 Å². The summed E-state index contributed by atoms with van der Waals surface area (Å²) in [4.78, 5) is 24.4. The number of nitrogens with one attached hydrogen (secondary N) is 2. The number of piperidine rings is 1. The van der Waals surface area contributed by atoms with E-state index in [-0.39, 0.29) is 5.56 Å². The van der Waals surface area contributed by atoms with Crippen molar-refractivity contribution in [1.82, 2.24) is 9.97 Å². The highest BCUT2D eigenvalue weighted by molar-refractivity contribution is 7.18. The summed E-state index contributed by atoms with van der Waals surface area (Å²) < 4.78 is 0. The first-order chi connectivity index (χ1) is 11.1. The number of hydrogen-bond acceptors (Lipinski definition) is 3. The number of quaternary nitrogens is 1. The van der Waals surface area contributed by atoms with Gasteiger partial charge in [-0.1, -0.05) is 13.8 Å². The number of aromatic nitrogens is 2. The number of thiophene rings is 1. The molecule has 23 heavy (non-hydrogen) atoms. The van der Waals surface area contributed by atoms with Crippen molar-refractivity contribution in [2.24, 2.45) is 11.8 Å². The number of likely N-dealkylation sites (tertiary alicyclic amines) is 1. The van der Waals surface area contributed by atoms with E-state index in [1.54, 1.807) is 16.2 Å². The SMILES string of the molecule is C[C@@H]1C[C@@H](C)C[NH+](Cc2nc3sc4c(c3c(=O)[nH]2)CCCC4)C1. The van der Waals surface area contributed by atoms with Crippen molar-refractivity contribution < 1.29 is 4.90 Å². The standard InChI is InChI=1S/C18H25N3OS/c1-11-7-12(2)9-21(8-11)10-15-19-17(22)16-13-5-3-4-6-14(13)23-18(16)20-15/h11-12H,3-10H2,1-2H3,(H,19,20,22)/p+1/t11-,12-/m1/s1. The lowest BCUT2D eigenvalue weighted by Crippen LogP contribution is -3.13. The normalized spacial score (nSPS) is 28.0. The molecule has 2 N–H and O–H groups in total. The van der Waals surface area contributed by atoms with Gasteiger partial charge in [0.05, 0.1) is 18.5 Å². The first-order valence-corrected chi connectivity index (χ1v) is 9.79. The van der Waals surface area contributed by atoms with Crippen LogP contribution in [0.25, 0.3) is 10.2 Å². The third kappa shape index (κ3) is 2.96. The Balaban J connectivity index is 1.65. The minimum absolute atomic E-state index is 0.0851. The molecule has 2 aliphatic rings. The van der Waals surface area contributed by atoms with Crippen LogP contribution in [0.3, 0.4) is 0 Å². The molecule has 0 spiro atoms. The molecule has 1 fully saturated rings. The van der Waals surface area contributed by atoms with E-state index in [2.05, 4.69) is 18.8 Å². The second kappa shape index (κ2) is 6.02. The van der Waals surface area contributed by atoms with Crippen molar-refractivity contribution in [1.29, 1.82) is 0 Å². The van der Waals surface area contributed by atoms with Crippen LogP contribution in [0.1, 0.15) is 49.4 Å². The minimum atomic E-state index is 0.0851. The summed E-state index contributed by atoms with van der Waals surface area (Å²) >= 11 is 1.75. The van der Waals surface area contributed by atoms with Gasteiger partial charge in [-0.3, -0.25) is 4.79 Å². The molecule has 1 aliphatic heterocycles. The maximum atomic E-state index is 12.6. The molecule has 5 heteroatoms. The predicted molar refractivity (Wildman–Crippen MR) is 94.2 cm³/mol. The van der Waals surface area contributed by atoms with Crippen molar-refractivity contribution in [2.45, 2.75) is 52.5 Å². The fourth-order valence-electron chi connectivity index (χ4n) is 4.60. The van der Waals surface area contributed by atoms with E-state index in [0.717, 1.165) is 47.3 Å². The van der Waals surface area contributed by atoms with Gasteiger partial charge in [-0.2, -0.15) is 0 Å². The molecule has 4 rings (SSSR count). The Morgan fingerprint density at radius 2 is 1.96 bits per heavy atom. The van der Waals surface area contributed by atoms with Crippen LogP contribution >= 0.6 is 11.3 Å². The maximum absolute atomic E-state index is 12.6. The van der Waals surface area contributed by atoms with Crippen molar-refractivity contribution in [2.75, 3.05) is 13.1 Å². The molecule has 0 amide bonds.